The van der Waals surface area contributed by atoms with Crippen LogP contribution >= 0.6 is 11.6 Å². The maximum absolute atomic E-state index is 13.6. The minimum Gasteiger partial charge on any atom is -0.478 e. The topological polar surface area (TPSA) is 104 Å². The number of hydrogen-bond donors (Lipinski definition) is 2. The van der Waals surface area contributed by atoms with Crippen LogP contribution in [0.15, 0.2) is 77.7 Å². The van der Waals surface area contributed by atoms with E-state index in [9.17, 15) is 31.2 Å². The molecule has 0 heterocycles. The van der Waals surface area contributed by atoms with E-state index in [-0.39, 0.29) is 17.3 Å². The van der Waals surface area contributed by atoms with Crippen molar-refractivity contribution in [1.82, 2.24) is 5.32 Å². The van der Waals surface area contributed by atoms with Gasteiger partial charge in [-0.05, 0) is 71.7 Å². The first-order valence-corrected chi connectivity index (χ1v) is 13.4. The summed E-state index contributed by atoms with van der Waals surface area (Å²) in [6, 6.07) is 14.3. The SMILES string of the molecule is CCc1c(Cl)cccc1N(CC(=O)NCc1cccc(/C=C/C(=O)O)c1)S(=O)(=O)c1ccc(C(F)(F)F)cc1. The summed E-state index contributed by atoms with van der Waals surface area (Å²) < 4.78 is 67.1. The molecule has 0 saturated carbocycles. The fraction of sp³-hybridized carbons (Fsp3) is 0.185. The highest BCUT2D eigenvalue weighted by molar-refractivity contribution is 7.92. The number of nitrogens with zero attached hydrogens (tertiary/aromatic N) is 1. The number of hydrogen-bond acceptors (Lipinski definition) is 4. The van der Waals surface area contributed by atoms with Crippen LogP contribution in [-0.2, 0) is 38.8 Å². The number of sulfonamides is 1. The number of amides is 1. The first-order valence-electron chi connectivity index (χ1n) is 11.6. The molecule has 206 valence electrons. The third-order valence-electron chi connectivity index (χ3n) is 5.63. The third kappa shape index (κ3) is 7.61. The van der Waals surface area contributed by atoms with Crippen molar-refractivity contribution in [2.45, 2.75) is 31.0 Å². The molecule has 3 rings (SSSR count). The van der Waals surface area contributed by atoms with Gasteiger partial charge in [0.15, 0.2) is 0 Å². The van der Waals surface area contributed by atoms with Gasteiger partial charge in [-0.2, -0.15) is 13.2 Å². The third-order valence-corrected chi connectivity index (χ3v) is 7.76. The van der Waals surface area contributed by atoms with E-state index in [4.69, 9.17) is 16.7 Å². The van der Waals surface area contributed by atoms with E-state index in [0.717, 1.165) is 22.5 Å². The van der Waals surface area contributed by atoms with Crippen LogP contribution in [0, 0.1) is 0 Å². The Morgan fingerprint density at radius 2 is 1.72 bits per heavy atom. The lowest BCUT2D eigenvalue weighted by Gasteiger charge is -2.26. The zero-order valence-electron chi connectivity index (χ0n) is 20.6. The molecule has 0 aliphatic heterocycles. The lowest BCUT2D eigenvalue weighted by atomic mass is 10.1. The van der Waals surface area contributed by atoms with Crippen molar-refractivity contribution in [1.29, 1.82) is 0 Å². The number of anilines is 1. The molecule has 39 heavy (non-hydrogen) atoms. The predicted octanol–water partition coefficient (Wildman–Crippen LogP) is 5.53. The number of nitrogens with one attached hydrogen (secondary N) is 1. The number of benzene rings is 3. The highest BCUT2D eigenvalue weighted by Crippen LogP contribution is 2.34. The molecule has 0 aliphatic carbocycles. The summed E-state index contributed by atoms with van der Waals surface area (Å²) in [5.41, 5.74) is 0.775. The summed E-state index contributed by atoms with van der Waals surface area (Å²) >= 11 is 6.29. The molecule has 2 N–H and O–H groups in total. The largest absolute Gasteiger partial charge is 0.478 e. The molecule has 3 aromatic carbocycles. The molecule has 0 aliphatic rings. The standard InChI is InChI=1S/C27H24ClF3N2O5S/c1-2-22-23(28)7-4-8-24(22)33(39(37,38)21-12-10-20(11-13-21)27(29,30)31)17-25(34)32-16-19-6-3-5-18(15-19)9-14-26(35)36/h3-15H,2,16-17H2,1H3,(H,32,34)(H,35,36)/b14-9+. The molecular formula is C27H24ClF3N2O5S. The van der Waals surface area contributed by atoms with Crippen molar-refractivity contribution < 1.29 is 36.3 Å². The van der Waals surface area contributed by atoms with Gasteiger partial charge >= 0.3 is 12.1 Å². The van der Waals surface area contributed by atoms with Crippen LogP contribution in [0.5, 0.6) is 0 Å². The van der Waals surface area contributed by atoms with Gasteiger partial charge < -0.3 is 10.4 Å². The highest BCUT2D eigenvalue weighted by Gasteiger charge is 2.33. The lowest BCUT2D eigenvalue weighted by Crippen LogP contribution is -2.41. The van der Waals surface area contributed by atoms with E-state index >= 15 is 0 Å². The van der Waals surface area contributed by atoms with Gasteiger partial charge in [-0.15, -0.1) is 0 Å². The maximum Gasteiger partial charge on any atom is 0.416 e. The van der Waals surface area contributed by atoms with Crippen LogP contribution in [0.4, 0.5) is 18.9 Å². The lowest BCUT2D eigenvalue weighted by molar-refractivity contribution is -0.137. The first-order chi connectivity index (χ1) is 18.3. The number of alkyl halides is 3. The van der Waals surface area contributed by atoms with Crippen LogP contribution in [0.1, 0.15) is 29.2 Å². The number of carbonyl (C=O) groups excluding carboxylic acids is 1. The molecule has 0 spiro atoms. The van der Waals surface area contributed by atoms with E-state index in [2.05, 4.69) is 5.32 Å². The number of carboxylic acids is 1. The summed E-state index contributed by atoms with van der Waals surface area (Å²) in [4.78, 5) is 23.3. The smallest absolute Gasteiger partial charge is 0.416 e. The molecule has 3 aromatic rings. The van der Waals surface area contributed by atoms with Crippen LogP contribution in [0.25, 0.3) is 6.08 Å². The van der Waals surface area contributed by atoms with Crippen molar-refractivity contribution in [2.24, 2.45) is 0 Å². The molecular weight excluding hydrogens is 557 g/mol. The Balaban J connectivity index is 1.91. The molecule has 0 saturated heterocycles. The van der Waals surface area contributed by atoms with Crippen molar-refractivity contribution >= 4 is 45.3 Å². The van der Waals surface area contributed by atoms with Crippen LogP contribution in [0.2, 0.25) is 5.02 Å². The molecule has 0 aromatic heterocycles. The van der Waals surface area contributed by atoms with Gasteiger partial charge in [0.05, 0.1) is 16.1 Å². The number of aliphatic carboxylic acids is 1. The molecule has 0 unspecified atom stereocenters. The second-order valence-corrected chi connectivity index (χ2v) is 10.6. The van der Waals surface area contributed by atoms with Crippen molar-refractivity contribution in [2.75, 3.05) is 10.8 Å². The number of carboxylic acid groups (broad SMARTS) is 1. The van der Waals surface area contributed by atoms with Crippen molar-refractivity contribution in [3.05, 3.63) is 100 Å². The predicted molar refractivity (Wildman–Crippen MR) is 142 cm³/mol. The van der Waals surface area contributed by atoms with Gasteiger partial charge in [-0.25, -0.2) is 13.2 Å². The minimum absolute atomic E-state index is 0.0118. The Morgan fingerprint density at radius 1 is 1.05 bits per heavy atom. The average Bonchev–Trinajstić information content (AvgIpc) is 2.89. The van der Waals surface area contributed by atoms with Gasteiger partial charge in [0, 0.05) is 17.6 Å². The van der Waals surface area contributed by atoms with Gasteiger partial charge in [-0.3, -0.25) is 9.10 Å². The summed E-state index contributed by atoms with van der Waals surface area (Å²) in [5.74, 6) is -1.80. The Hall–Kier alpha value is -3.83. The summed E-state index contributed by atoms with van der Waals surface area (Å²) in [6.45, 7) is 1.09. The van der Waals surface area contributed by atoms with Gasteiger partial charge in [0.25, 0.3) is 10.0 Å². The van der Waals surface area contributed by atoms with E-state index < -0.39 is 45.1 Å². The van der Waals surface area contributed by atoms with Crippen molar-refractivity contribution in [3.8, 4) is 0 Å². The Morgan fingerprint density at radius 3 is 2.33 bits per heavy atom. The van der Waals surface area contributed by atoms with Crippen LogP contribution in [-0.4, -0.2) is 31.9 Å². The second-order valence-electron chi connectivity index (χ2n) is 8.32. The molecule has 0 bridgehead atoms. The minimum atomic E-state index is -4.65. The Kier molecular flexibility index (Phi) is 9.41. The zero-order chi connectivity index (χ0) is 28.8. The van der Waals surface area contributed by atoms with E-state index in [1.54, 1.807) is 37.3 Å². The summed E-state index contributed by atoms with van der Waals surface area (Å²) in [7, 11) is -4.48. The monoisotopic (exact) mass is 580 g/mol. The molecule has 12 heteroatoms. The van der Waals surface area contributed by atoms with E-state index in [1.165, 1.54) is 18.2 Å². The maximum atomic E-state index is 13.6. The van der Waals surface area contributed by atoms with Gasteiger partial charge in [0.1, 0.15) is 6.54 Å². The molecule has 1 amide bonds. The Labute approximate surface area is 228 Å². The van der Waals surface area contributed by atoms with Crippen LogP contribution in [0.3, 0.4) is 0 Å². The normalized spacial score (nSPS) is 11.9. The molecule has 0 fully saturated rings. The first kappa shape index (κ1) is 29.7. The summed E-state index contributed by atoms with van der Waals surface area (Å²) in [6.07, 6.45) is -1.97. The van der Waals surface area contributed by atoms with Crippen molar-refractivity contribution in [3.63, 3.8) is 0 Å². The molecule has 0 radical (unpaired) electrons. The average molecular weight is 581 g/mol. The highest BCUT2D eigenvalue weighted by atomic mass is 35.5. The fourth-order valence-electron chi connectivity index (χ4n) is 3.73. The quantitative estimate of drug-likeness (QED) is 0.307. The molecule has 0 atom stereocenters. The number of carbonyl (C=O) groups is 2. The summed E-state index contributed by atoms with van der Waals surface area (Å²) in [5, 5.41) is 11.7. The number of halogens is 4. The van der Waals surface area contributed by atoms with Gasteiger partial charge in [0.2, 0.25) is 5.91 Å². The van der Waals surface area contributed by atoms with Gasteiger partial charge in [-0.1, -0.05) is 42.8 Å². The Bertz CT molecular complexity index is 1490. The van der Waals surface area contributed by atoms with Crippen LogP contribution < -0.4 is 9.62 Å². The zero-order valence-corrected chi connectivity index (χ0v) is 22.1. The van der Waals surface area contributed by atoms with E-state index in [1.807, 2.05) is 0 Å². The number of rotatable bonds is 10. The fourth-order valence-corrected chi connectivity index (χ4v) is 5.49. The second kappa shape index (κ2) is 12.4. The van der Waals surface area contributed by atoms with E-state index in [0.29, 0.717) is 35.2 Å². The molecule has 7 nitrogen and oxygen atoms in total.